The summed E-state index contributed by atoms with van der Waals surface area (Å²) in [4.78, 5) is 14.3. The van der Waals surface area contributed by atoms with Gasteiger partial charge in [0.15, 0.2) is 0 Å². The highest BCUT2D eigenvalue weighted by Gasteiger charge is 2.39. The van der Waals surface area contributed by atoms with E-state index in [1.54, 1.807) is 14.0 Å². The number of aliphatic hydroxyl groups excluding tert-OH is 1. The van der Waals surface area contributed by atoms with E-state index >= 15 is 0 Å². The summed E-state index contributed by atoms with van der Waals surface area (Å²) in [6.07, 6.45) is 2.98. The highest BCUT2D eigenvalue weighted by Crippen LogP contribution is 2.27. The van der Waals surface area contributed by atoms with E-state index in [0.717, 1.165) is 19.4 Å². The van der Waals surface area contributed by atoms with Crippen molar-refractivity contribution in [3.8, 4) is 0 Å². The van der Waals surface area contributed by atoms with Crippen LogP contribution in [0.3, 0.4) is 0 Å². The molecule has 4 heteroatoms. The molecule has 3 atom stereocenters. The zero-order valence-corrected chi connectivity index (χ0v) is 11.4. The normalized spacial score (nSPS) is 25.7. The molecule has 1 aliphatic rings. The Morgan fingerprint density at radius 1 is 1.65 bits per heavy atom. The molecular formula is C13H25NO3. The summed E-state index contributed by atoms with van der Waals surface area (Å²) in [6, 6.07) is 0.170. The van der Waals surface area contributed by atoms with Crippen LogP contribution in [0.15, 0.2) is 0 Å². The SMILES string of the molecule is CCC(C)(OC)C(=O)N1CCCC1CC(C)O. The maximum Gasteiger partial charge on any atom is 0.254 e. The molecule has 1 fully saturated rings. The summed E-state index contributed by atoms with van der Waals surface area (Å²) < 4.78 is 5.36. The third-order valence-corrected chi connectivity index (χ3v) is 3.83. The van der Waals surface area contributed by atoms with Crippen LogP contribution in [0.4, 0.5) is 0 Å². The lowest BCUT2D eigenvalue weighted by Crippen LogP contribution is -2.50. The third kappa shape index (κ3) is 3.19. The highest BCUT2D eigenvalue weighted by atomic mass is 16.5. The van der Waals surface area contributed by atoms with Crippen LogP contribution in [0.2, 0.25) is 0 Å². The second kappa shape index (κ2) is 5.83. The molecule has 0 aromatic heterocycles. The van der Waals surface area contributed by atoms with Crippen molar-refractivity contribution in [3.63, 3.8) is 0 Å². The monoisotopic (exact) mass is 243 g/mol. The number of aliphatic hydroxyl groups is 1. The number of carbonyl (C=O) groups excluding carboxylic acids is 1. The molecule has 0 aromatic rings. The fourth-order valence-electron chi connectivity index (χ4n) is 2.43. The van der Waals surface area contributed by atoms with Crippen molar-refractivity contribution in [3.05, 3.63) is 0 Å². The smallest absolute Gasteiger partial charge is 0.254 e. The first kappa shape index (κ1) is 14.5. The van der Waals surface area contributed by atoms with E-state index in [1.165, 1.54) is 0 Å². The van der Waals surface area contributed by atoms with Gasteiger partial charge in [-0.25, -0.2) is 0 Å². The number of amides is 1. The van der Waals surface area contributed by atoms with E-state index in [0.29, 0.717) is 12.8 Å². The van der Waals surface area contributed by atoms with Gasteiger partial charge in [-0.05, 0) is 39.5 Å². The van der Waals surface area contributed by atoms with Crippen molar-refractivity contribution in [2.75, 3.05) is 13.7 Å². The number of hydrogen-bond donors (Lipinski definition) is 1. The van der Waals surface area contributed by atoms with Crippen molar-refractivity contribution >= 4 is 5.91 Å². The van der Waals surface area contributed by atoms with Gasteiger partial charge in [-0.2, -0.15) is 0 Å². The summed E-state index contributed by atoms with van der Waals surface area (Å²) in [5, 5.41) is 9.46. The van der Waals surface area contributed by atoms with Crippen molar-refractivity contribution in [2.45, 2.75) is 64.2 Å². The number of ether oxygens (including phenoxy) is 1. The zero-order chi connectivity index (χ0) is 13.1. The van der Waals surface area contributed by atoms with Crippen molar-refractivity contribution < 1.29 is 14.6 Å². The summed E-state index contributed by atoms with van der Waals surface area (Å²) in [5.41, 5.74) is -0.721. The molecular weight excluding hydrogens is 218 g/mol. The molecule has 1 amide bonds. The molecule has 3 unspecified atom stereocenters. The molecule has 0 aromatic carbocycles. The lowest BCUT2D eigenvalue weighted by Gasteiger charge is -2.34. The minimum atomic E-state index is -0.721. The Balaban J connectivity index is 2.73. The second-order valence-corrected chi connectivity index (χ2v) is 5.17. The minimum absolute atomic E-state index is 0.0608. The molecule has 0 spiro atoms. The van der Waals surface area contributed by atoms with E-state index in [4.69, 9.17) is 4.74 Å². The van der Waals surface area contributed by atoms with E-state index < -0.39 is 5.60 Å². The van der Waals surface area contributed by atoms with Gasteiger partial charge >= 0.3 is 0 Å². The van der Waals surface area contributed by atoms with Crippen LogP contribution in [0.1, 0.15) is 46.5 Å². The van der Waals surface area contributed by atoms with Crippen LogP contribution in [-0.2, 0) is 9.53 Å². The summed E-state index contributed by atoms with van der Waals surface area (Å²) in [7, 11) is 1.58. The van der Waals surface area contributed by atoms with Gasteiger partial charge in [0, 0.05) is 19.7 Å². The largest absolute Gasteiger partial charge is 0.393 e. The summed E-state index contributed by atoms with van der Waals surface area (Å²) in [5.74, 6) is 0.0608. The van der Waals surface area contributed by atoms with Crippen LogP contribution in [0.5, 0.6) is 0 Å². The van der Waals surface area contributed by atoms with Gasteiger partial charge in [-0.3, -0.25) is 4.79 Å². The van der Waals surface area contributed by atoms with Gasteiger partial charge in [0.25, 0.3) is 5.91 Å². The Morgan fingerprint density at radius 3 is 2.76 bits per heavy atom. The van der Waals surface area contributed by atoms with Gasteiger partial charge in [-0.15, -0.1) is 0 Å². The summed E-state index contributed by atoms with van der Waals surface area (Å²) in [6.45, 7) is 6.36. The average molecular weight is 243 g/mol. The van der Waals surface area contributed by atoms with E-state index in [9.17, 15) is 9.90 Å². The zero-order valence-electron chi connectivity index (χ0n) is 11.4. The van der Waals surface area contributed by atoms with Crippen LogP contribution in [0, 0.1) is 0 Å². The molecule has 1 heterocycles. The maximum absolute atomic E-state index is 12.4. The predicted molar refractivity (Wildman–Crippen MR) is 66.7 cm³/mol. The Kier molecular flexibility index (Phi) is 4.95. The van der Waals surface area contributed by atoms with Crippen molar-refractivity contribution in [1.29, 1.82) is 0 Å². The van der Waals surface area contributed by atoms with E-state index in [1.807, 2.05) is 18.7 Å². The molecule has 100 valence electrons. The van der Waals surface area contributed by atoms with Gasteiger partial charge in [0.05, 0.1) is 6.10 Å². The molecule has 0 bridgehead atoms. The Morgan fingerprint density at radius 2 is 2.29 bits per heavy atom. The molecule has 1 rings (SSSR count). The Labute approximate surface area is 104 Å². The lowest BCUT2D eigenvalue weighted by molar-refractivity contribution is -0.154. The van der Waals surface area contributed by atoms with Gasteiger partial charge in [0.2, 0.25) is 0 Å². The number of rotatable bonds is 5. The van der Waals surface area contributed by atoms with Gasteiger partial charge in [0.1, 0.15) is 5.60 Å². The van der Waals surface area contributed by atoms with Crippen LogP contribution in [-0.4, -0.2) is 47.3 Å². The molecule has 1 aliphatic heterocycles. The standard InChI is InChI=1S/C13H25NO3/c1-5-13(3,17-4)12(16)14-8-6-7-11(14)9-10(2)15/h10-11,15H,5-9H2,1-4H3. The molecule has 0 aliphatic carbocycles. The molecule has 1 N–H and O–H groups in total. The third-order valence-electron chi connectivity index (χ3n) is 3.83. The molecule has 0 radical (unpaired) electrons. The fraction of sp³-hybridized carbons (Fsp3) is 0.923. The Hall–Kier alpha value is -0.610. The first-order chi connectivity index (χ1) is 7.94. The summed E-state index contributed by atoms with van der Waals surface area (Å²) >= 11 is 0. The number of hydrogen-bond acceptors (Lipinski definition) is 3. The lowest BCUT2D eigenvalue weighted by atomic mass is 9.99. The van der Waals surface area contributed by atoms with Gasteiger partial charge in [-0.1, -0.05) is 6.92 Å². The fourth-order valence-corrected chi connectivity index (χ4v) is 2.43. The number of likely N-dealkylation sites (tertiary alicyclic amines) is 1. The van der Waals surface area contributed by atoms with Crippen LogP contribution < -0.4 is 0 Å². The van der Waals surface area contributed by atoms with Crippen molar-refractivity contribution in [2.24, 2.45) is 0 Å². The predicted octanol–water partition coefficient (Wildman–Crippen LogP) is 1.56. The maximum atomic E-state index is 12.4. The molecule has 0 saturated carbocycles. The van der Waals surface area contributed by atoms with E-state index in [2.05, 4.69) is 0 Å². The quantitative estimate of drug-likeness (QED) is 0.797. The van der Waals surface area contributed by atoms with Crippen molar-refractivity contribution in [1.82, 2.24) is 4.90 Å². The number of nitrogens with zero attached hydrogens (tertiary/aromatic N) is 1. The highest BCUT2D eigenvalue weighted by molar-refractivity contribution is 5.85. The van der Waals surface area contributed by atoms with Crippen LogP contribution >= 0.6 is 0 Å². The first-order valence-corrected chi connectivity index (χ1v) is 6.49. The molecule has 1 saturated heterocycles. The topological polar surface area (TPSA) is 49.8 Å². The van der Waals surface area contributed by atoms with E-state index in [-0.39, 0.29) is 18.1 Å². The average Bonchev–Trinajstić information content (AvgIpc) is 2.74. The number of carbonyl (C=O) groups is 1. The number of methoxy groups -OCH3 is 1. The first-order valence-electron chi connectivity index (χ1n) is 6.49. The van der Waals surface area contributed by atoms with Gasteiger partial charge < -0.3 is 14.7 Å². The second-order valence-electron chi connectivity index (χ2n) is 5.17. The Bertz CT molecular complexity index is 261. The molecule has 17 heavy (non-hydrogen) atoms. The molecule has 4 nitrogen and oxygen atoms in total. The minimum Gasteiger partial charge on any atom is -0.393 e. The van der Waals surface area contributed by atoms with Crippen LogP contribution in [0.25, 0.3) is 0 Å².